The number of aryl methyl sites for hydroxylation is 7. The van der Waals surface area contributed by atoms with Gasteiger partial charge in [-0.1, -0.05) is 294 Å². The number of amides is 5. The molecule has 5 heterocycles. The Morgan fingerprint density at radius 3 is 0.763 bits per heavy atom. The first-order valence-electron chi connectivity index (χ1n) is 44.7. The van der Waals surface area contributed by atoms with Crippen molar-refractivity contribution < 1.29 is 37.1 Å². The molecule has 0 radical (unpaired) electrons. The summed E-state index contributed by atoms with van der Waals surface area (Å²) in [5.41, 5.74) is 25.5. The lowest BCUT2D eigenvalue weighted by atomic mass is 10.1. The smallest absolute Gasteiger partial charge is 0.258 e. The van der Waals surface area contributed by atoms with Crippen LogP contribution in [-0.2, 0) is 32.7 Å². The lowest BCUT2D eigenvalue weighted by Crippen LogP contribution is -2.13. The maximum Gasteiger partial charge on any atom is 0.258 e. The quantitative estimate of drug-likeness (QED) is 0.0511. The number of carbonyl (C=O) groups is 5. The van der Waals surface area contributed by atoms with Gasteiger partial charge < -0.3 is 49.4 Å². The highest BCUT2D eigenvalue weighted by molar-refractivity contribution is 6.13. The number of fused-ring (bicyclic) bond motifs is 5. The van der Waals surface area contributed by atoms with Crippen LogP contribution in [0.25, 0.3) is 54.5 Å². The van der Waals surface area contributed by atoms with Crippen molar-refractivity contribution in [1.29, 1.82) is 0 Å². The summed E-state index contributed by atoms with van der Waals surface area (Å²) in [6.45, 7) is 18.0. The Hall–Kier alpha value is -16.9. The lowest BCUT2D eigenvalue weighted by molar-refractivity contribution is 0.101. The molecule has 5 N–H and O–H groups in total. The van der Waals surface area contributed by atoms with Crippen LogP contribution in [0.15, 0.2) is 395 Å². The third kappa shape index (κ3) is 22.9. The maximum absolute atomic E-state index is 13.9. The number of para-hydroxylation sites is 5. The van der Waals surface area contributed by atoms with Crippen LogP contribution in [0, 0.1) is 65.9 Å². The van der Waals surface area contributed by atoms with E-state index >= 15 is 0 Å². The van der Waals surface area contributed by atoms with Crippen LogP contribution in [0.5, 0.6) is 0 Å². The molecule has 20 aromatic rings. The number of nitrogens with one attached hydrogen (secondary N) is 5. The summed E-state index contributed by atoms with van der Waals surface area (Å²) in [5.74, 6) is -2.52. The van der Waals surface area contributed by atoms with E-state index in [0.717, 1.165) is 95.8 Å². The number of hydrogen-bond donors (Lipinski definition) is 5. The van der Waals surface area contributed by atoms with Crippen LogP contribution < -0.4 is 26.6 Å². The number of rotatable bonds is 20. The van der Waals surface area contributed by atoms with Crippen LogP contribution in [0.2, 0.25) is 0 Å². The van der Waals surface area contributed by atoms with Crippen molar-refractivity contribution in [3.05, 3.63) is 507 Å². The molecule has 15 nitrogen and oxygen atoms in total. The average molecular weight is 1780 g/mol. The van der Waals surface area contributed by atoms with E-state index in [9.17, 15) is 37.1 Å². The van der Waals surface area contributed by atoms with Crippen LogP contribution in [0.3, 0.4) is 0 Å². The van der Waals surface area contributed by atoms with Gasteiger partial charge >= 0.3 is 0 Å². The summed E-state index contributed by atoms with van der Waals surface area (Å²) in [5, 5.41) is 19.8. The van der Waals surface area contributed by atoms with Gasteiger partial charge in [-0.3, -0.25) is 24.0 Å². The molecule has 18 heteroatoms. The van der Waals surface area contributed by atoms with Crippen molar-refractivity contribution in [3.8, 4) is 0 Å². The molecule has 5 aromatic heterocycles. The number of nitrogens with zero attached hydrogens (tertiary/aromatic N) is 5. The van der Waals surface area contributed by atoms with E-state index in [4.69, 9.17) is 0 Å². The second-order valence-electron chi connectivity index (χ2n) is 33.8. The third-order valence-electron chi connectivity index (χ3n) is 23.6. The Morgan fingerprint density at radius 2 is 0.467 bits per heavy atom. The Morgan fingerprint density at radius 1 is 0.222 bits per heavy atom. The molecule has 0 saturated carbocycles. The van der Waals surface area contributed by atoms with E-state index in [1.165, 1.54) is 110 Å². The molecule has 0 atom stereocenters. The number of benzene rings is 15. The summed E-state index contributed by atoms with van der Waals surface area (Å²) in [4.78, 5) is 63.0. The molecule has 0 unspecified atom stereocenters. The Kier molecular flexibility index (Phi) is 28.7. The van der Waals surface area contributed by atoms with Crippen molar-refractivity contribution in [2.24, 2.45) is 0 Å². The van der Waals surface area contributed by atoms with Gasteiger partial charge in [0.2, 0.25) is 0 Å². The van der Waals surface area contributed by atoms with Crippen LogP contribution in [0.4, 0.5) is 41.6 Å². The van der Waals surface area contributed by atoms with Crippen molar-refractivity contribution in [2.45, 2.75) is 81.2 Å². The van der Waals surface area contributed by atoms with E-state index < -0.39 is 17.5 Å². The largest absolute Gasteiger partial charge is 0.341 e. The van der Waals surface area contributed by atoms with Gasteiger partial charge in [0.15, 0.2) is 0 Å². The highest BCUT2D eigenvalue weighted by Crippen LogP contribution is 2.34. The molecule has 0 fully saturated rings. The number of aromatic nitrogens is 5. The van der Waals surface area contributed by atoms with Gasteiger partial charge in [0, 0.05) is 113 Å². The van der Waals surface area contributed by atoms with E-state index in [1.54, 1.807) is 18.2 Å². The first kappa shape index (κ1) is 91.5. The summed E-state index contributed by atoms with van der Waals surface area (Å²) in [7, 11) is 0. The number of anilines is 5. The molecule has 135 heavy (non-hydrogen) atoms. The molecule has 0 saturated heterocycles. The number of hydrogen-bond acceptors (Lipinski definition) is 5. The van der Waals surface area contributed by atoms with Crippen LogP contribution >= 0.6 is 0 Å². The molecule has 0 spiro atoms. The number of carbonyl (C=O) groups excluding carboxylic acids is 5. The van der Waals surface area contributed by atoms with Gasteiger partial charge in [-0.2, -0.15) is 0 Å². The van der Waals surface area contributed by atoms with Gasteiger partial charge in [0.1, 0.15) is 17.5 Å². The first-order valence-corrected chi connectivity index (χ1v) is 44.7. The van der Waals surface area contributed by atoms with Crippen LogP contribution in [0.1, 0.15) is 119 Å². The van der Waals surface area contributed by atoms with E-state index in [0.29, 0.717) is 53.3 Å². The molecule has 0 aliphatic rings. The predicted octanol–water partition coefficient (Wildman–Crippen LogP) is 27.3. The second-order valence-corrected chi connectivity index (χ2v) is 33.8. The molecule has 15 aromatic carbocycles. The van der Waals surface area contributed by atoms with Crippen molar-refractivity contribution >= 4 is 112 Å². The normalized spacial score (nSPS) is 10.9. The zero-order valence-electron chi connectivity index (χ0n) is 76.0. The second kappa shape index (κ2) is 42.4. The van der Waals surface area contributed by atoms with E-state index in [-0.39, 0.29) is 35.0 Å². The van der Waals surface area contributed by atoms with Crippen molar-refractivity contribution in [2.75, 3.05) is 26.6 Å². The monoisotopic (exact) mass is 1780 g/mol. The Bertz CT molecular complexity index is 7260. The van der Waals surface area contributed by atoms with Gasteiger partial charge in [0.05, 0.1) is 61.6 Å². The van der Waals surface area contributed by atoms with E-state index in [2.05, 4.69) is 224 Å². The summed E-state index contributed by atoms with van der Waals surface area (Å²) in [6, 6.07) is 115. The van der Waals surface area contributed by atoms with Gasteiger partial charge in [-0.15, -0.1) is 0 Å². The minimum Gasteiger partial charge on any atom is -0.341 e. The molecular formula is C117H101F3N10O5. The molecule has 670 valence electrons. The fourth-order valence-corrected chi connectivity index (χ4v) is 16.2. The predicted molar refractivity (Wildman–Crippen MR) is 542 cm³/mol. The standard InChI is InChI=1S/2C24H22N2O.3C23H19FN2O/c1-17-11-13-19(14-12-17)15-26-16-22(21-9-5-6-10-23(21)26)25-24(27)20-8-4-3-7-18(20)2;1-17-7-11-19(12-8-17)15-26-16-22(21-5-3-4-6-23(21)26)25-24(27)20-13-9-18(2)10-14-20;1-16-10-12-17(13-11-16)14-26-15-21(19-7-3-5-9-22(19)26)25-23(27)18-6-2-4-8-20(18)24;1-16-9-11-17(12-10-16)14-26-15-21(20-7-2-3-8-22(20)26)25-23(27)18-5-4-6-19(24)13-18;1-16-6-8-17(9-7-16)14-26-15-21(20-4-2-3-5-22(20)26)25-23(27)18-10-12-19(24)13-11-18/h2*3-14,16H,15H2,1-2H3,(H,25,27);3*2-13,15H,14H2,1H3,(H,25,27). The van der Waals surface area contributed by atoms with Crippen molar-refractivity contribution in [3.63, 3.8) is 0 Å². The molecule has 0 bridgehead atoms. The van der Waals surface area contributed by atoms with E-state index in [1.807, 2.05) is 196 Å². The summed E-state index contributed by atoms with van der Waals surface area (Å²) >= 11 is 0. The average Bonchev–Trinajstić information content (AvgIpc) is 1.68. The van der Waals surface area contributed by atoms with Crippen molar-refractivity contribution in [1.82, 2.24) is 22.8 Å². The summed E-state index contributed by atoms with van der Waals surface area (Å²) in [6.07, 6.45) is 9.84. The lowest BCUT2D eigenvalue weighted by Gasteiger charge is -2.06. The maximum atomic E-state index is 13.9. The minimum absolute atomic E-state index is 0.0351. The van der Waals surface area contributed by atoms with Gasteiger partial charge in [0.25, 0.3) is 29.5 Å². The van der Waals surface area contributed by atoms with Gasteiger partial charge in [-0.05, 0) is 185 Å². The molecule has 0 aliphatic heterocycles. The zero-order chi connectivity index (χ0) is 94.0. The SMILES string of the molecule is Cc1ccc(Cn2cc(NC(=O)c3ccc(C)cc3)c3ccccc32)cc1.Cc1ccc(Cn2cc(NC(=O)c3ccc(F)cc3)c3ccccc32)cc1.Cc1ccc(Cn2cc(NC(=O)c3cccc(F)c3)c3ccccc32)cc1.Cc1ccc(Cn2cc(NC(=O)c3ccccc3C)c3ccccc32)cc1.Cc1ccc(Cn2cc(NC(=O)c3ccccc3F)c3ccccc32)cc1. The molecule has 0 aliphatic carbocycles. The molecule has 5 amide bonds. The first-order chi connectivity index (χ1) is 65.5. The minimum atomic E-state index is -0.529. The molecular weight excluding hydrogens is 1680 g/mol. The van der Waals surface area contributed by atoms with Crippen LogP contribution in [-0.4, -0.2) is 52.4 Å². The topological polar surface area (TPSA) is 170 Å². The Balaban J connectivity index is 0.000000123. The zero-order valence-corrected chi connectivity index (χ0v) is 76.0. The summed E-state index contributed by atoms with van der Waals surface area (Å²) < 4.78 is 51.1. The highest BCUT2D eigenvalue weighted by Gasteiger charge is 2.21. The van der Waals surface area contributed by atoms with Gasteiger partial charge in [-0.25, -0.2) is 13.2 Å². The molecule has 20 rings (SSSR count). The fraction of sp³-hybridized carbons (Fsp3) is 0.103. The highest BCUT2D eigenvalue weighted by atomic mass is 19.1. The Labute approximate surface area is 782 Å². The fourth-order valence-electron chi connectivity index (χ4n) is 16.2. The number of halogens is 3. The third-order valence-corrected chi connectivity index (χ3v) is 23.6.